The lowest BCUT2D eigenvalue weighted by Crippen LogP contribution is -2.30. The molecule has 2 unspecified atom stereocenters. The summed E-state index contributed by atoms with van der Waals surface area (Å²) in [5.41, 5.74) is -0.588. The van der Waals surface area contributed by atoms with Gasteiger partial charge < -0.3 is 5.32 Å². The lowest BCUT2D eigenvalue weighted by molar-refractivity contribution is 0.677. The molecule has 0 heterocycles. The molecule has 0 rings (SSSR count). The van der Waals surface area contributed by atoms with Crippen LogP contribution in [0.4, 0.5) is 0 Å². The lowest BCUT2D eigenvalue weighted by Gasteiger charge is -2.10. The van der Waals surface area contributed by atoms with Crippen LogP contribution >= 0.6 is 23.2 Å². The molecule has 0 aromatic rings. The molecule has 0 radical (unpaired) electrons. The van der Waals surface area contributed by atoms with Gasteiger partial charge >= 0.3 is 0 Å². The van der Waals surface area contributed by atoms with E-state index in [1.807, 2.05) is 0 Å². The lowest BCUT2D eigenvalue weighted by atomic mass is 10.2. The molecular weight excluding hydrogens is 173 g/mol. The van der Waals surface area contributed by atoms with Gasteiger partial charge in [0.2, 0.25) is 0 Å². The van der Waals surface area contributed by atoms with E-state index < -0.39 is 11.4 Å². The predicted molar refractivity (Wildman–Crippen MR) is 41.4 cm³/mol. The van der Waals surface area contributed by atoms with Gasteiger partial charge in [-0.15, -0.1) is 11.6 Å². The number of alkyl halides is 1. The fraction of sp³-hybridized carbons (Fsp3) is 0.600. The molecule has 0 aliphatic heterocycles. The zero-order valence-electron chi connectivity index (χ0n) is 5.36. The number of hydrogen-bond donors (Lipinski definition) is 2. The summed E-state index contributed by atoms with van der Waals surface area (Å²) in [4.78, 5) is 0. The van der Waals surface area contributed by atoms with Crippen molar-refractivity contribution in [2.75, 3.05) is 7.05 Å². The molecule has 0 aliphatic carbocycles. The number of nitriles is 1. The van der Waals surface area contributed by atoms with Crippen LogP contribution in [-0.2, 0) is 0 Å². The summed E-state index contributed by atoms with van der Waals surface area (Å²) in [5, 5.41) is 17.7. The number of halogens is 2. The van der Waals surface area contributed by atoms with Crippen LogP contribution in [0.2, 0.25) is 0 Å². The Hall–Kier alpha value is -0.300. The van der Waals surface area contributed by atoms with E-state index in [9.17, 15) is 0 Å². The van der Waals surface area contributed by atoms with Crippen molar-refractivity contribution in [1.82, 2.24) is 5.32 Å². The third-order valence-electron chi connectivity index (χ3n) is 0.981. The second-order valence-electron chi connectivity index (χ2n) is 1.65. The molecule has 0 aromatic carbocycles. The molecule has 5 heteroatoms. The van der Waals surface area contributed by atoms with Crippen molar-refractivity contribution in [2.24, 2.45) is 5.92 Å². The standard InChI is InChI=1S/C5H7Cl2N3/c1-10-5(7)3(2-8)4(6)9/h3,5,9-10H,1H3. The van der Waals surface area contributed by atoms with E-state index in [4.69, 9.17) is 33.9 Å². The highest BCUT2D eigenvalue weighted by Gasteiger charge is 2.20. The van der Waals surface area contributed by atoms with E-state index in [-0.39, 0.29) is 5.17 Å². The zero-order valence-corrected chi connectivity index (χ0v) is 6.87. The molecule has 0 fully saturated rings. The number of hydrogen-bond acceptors (Lipinski definition) is 3. The first-order chi connectivity index (χ1) is 4.63. The minimum absolute atomic E-state index is 0.239. The van der Waals surface area contributed by atoms with Gasteiger partial charge in [-0.2, -0.15) is 5.26 Å². The molecule has 0 saturated heterocycles. The van der Waals surface area contributed by atoms with Gasteiger partial charge in [0.05, 0.1) is 6.07 Å². The molecular formula is C5H7Cl2N3. The monoisotopic (exact) mass is 179 g/mol. The molecule has 0 bridgehead atoms. The number of rotatable bonds is 3. The van der Waals surface area contributed by atoms with Crippen LogP contribution in [0.1, 0.15) is 0 Å². The fourth-order valence-electron chi connectivity index (χ4n) is 0.417. The maximum atomic E-state index is 8.40. The van der Waals surface area contributed by atoms with E-state index in [0.29, 0.717) is 0 Å². The normalized spacial score (nSPS) is 15.4. The number of nitrogens with zero attached hydrogens (tertiary/aromatic N) is 1. The summed E-state index contributed by atoms with van der Waals surface area (Å²) in [6, 6.07) is 1.80. The van der Waals surface area contributed by atoms with E-state index in [2.05, 4.69) is 5.32 Å². The largest absolute Gasteiger partial charge is 0.303 e. The first kappa shape index (κ1) is 9.70. The van der Waals surface area contributed by atoms with Crippen LogP contribution in [0.25, 0.3) is 0 Å². The van der Waals surface area contributed by atoms with Crippen LogP contribution in [0.5, 0.6) is 0 Å². The Balaban J connectivity index is 4.10. The minimum atomic E-state index is -0.756. The summed E-state index contributed by atoms with van der Waals surface area (Å²) in [6.07, 6.45) is 0. The molecule has 0 saturated carbocycles. The third-order valence-corrected chi connectivity index (χ3v) is 1.69. The van der Waals surface area contributed by atoms with Crippen molar-refractivity contribution >= 4 is 28.4 Å². The first-order valence-corrected chi connectivity index (χ1v) is 3.39. The van der Waals surface area contributed by atoms with E-state index >= 15 is 0 Å². The van der Waals surface area contributed by atoms with Crippen LogP contribution < -0.4 is 5.32 Å². The van der Waals surface area contributed by atoms with Gasteiger partial charge in [-0.05, 0) is 7.05 Å². The Kier molecular flexibility index (Phi) is 4.37. The third kappa shape index (κ3) is 2.53. The first-order valence-electron chi connectivity index (χ1n) is 2.58. The molecule has 0 amide bonds. The van der Waals surface area contributed by atoms with Gasteiger partial charge in [0.15, 0.2) is 0 Å². The maximum Gasteiger partial charge on any atom is 0.128 e. The van der Waals surface area contributed by atoms with E-state index in [1.54, 1.807) is 13.1 Å². The van der Waals surface area contributed by atoms with Crippen molar-refractivity contribution < 1.29 is 0 Å². The Morgan fingerprint density at radius 1 is 1.80 bits per heavy atom. The number of nitrogens with one attached hydrogen (secondary N) is 2. The highest BCUT2D eigenvalue weighted by Crippen LogP contribution is 2.10. The average molecular weight is 180 g/mol. The van der Waals surface area contributed by atoms with Crippen molar-refractivity contribution in [3.8, 4) is 6.07 Å². The van der Waals surface area contributed by atoms with Crippen molar-refractivity contribution in [3.05, 3.63) is 0 Å². The van der Waals surface area contributed by atoms with Gasteiger partial charge in [0.1, 0.15) is 16.6 Å². The second kappa shape index (κ2) is 4.51. The summed E-state index contributed by atoms with van der Waals surface area (Å²) in [6.45, 7) is 0. The highest BCUT2D eigenvalue weighted by molar-refractivity contribution is 6.65. The summed E-state index contributed by atoms with van der Waals surface area (Å²) >= 11 is 10.8. The van der Waals surface area contributed by atoms with Crippen LogP contribution in [-0.4, -0.2) is 17.7 Å². The topological polar surface area (TPSA) is 59.7 Å². The molecule has 0 aromatic heterocycles. The Morgan fingerprint density at radius 2 is 2.30 bits per heavy atom. The molecule has 2 N–H and O–H groups in total. The van der Waals surface area contributed by atoms with Gasteiger partial charge in [0, 0.05) is 0 Å². The maximum absolute atomic E-state index is 8.40. The quantitative estimate of drug-likeness (QED) is 0.388. The minimum Gasteiger partial charge on any atom is -0.303 e. The van der Waals surface area contributed by atoms with Gasteiger partial charge in [-0.1, -0.05) is 11.6 Å². The van der Waals surface area contributed by atoms with Crippen molar-refractivity contribution in [3.63, 3.8) is 0 Å². The van der Waals surface area contributed by atoms with E-state index in [1.165, 1.54) is 0 Å². The predicted octanol–water partition coefficient (Wildman–Crippen LogP) is 1.13. The van der Waals surface area contributed by atoms with Crippen LogP contribution in [0.3, 0.4) is 0 Å². The summed E-state index contributed by atoms with van der Waals surface area (Å²) < 4.78 is 0. The molecule has 0 spiro atoms. The molecule has 2 atom stereocenters. The van der Waals surface area contributed by atoms with Gasteiger partial charge in [0.25, 0.3) is 0 Å². The summed E-state index contributed by atoms with van der Waals surface area (Å²) in [7, 11) is 1.60. The summed E-state index contributed by atoms with van der Waals surface area (Å²) in [5.74, 6) is -0.756. The van der Waals surface area contributed by atoms with Gasteiger partial charge in [-0.3, -0.25) is 5.41 Å². The Morgan fingerprint density at radius 3 is 2.40 bits per heavy atom. The average Bonchev–Trinajstić information content (AvgIpc) is 1.88. The van der Waals surface area contributed by atoms with Crippen LogP contribution in [0, 0.1) is 22.7 Å². The van der Waals surface area contributed by atoms with Crippen molar-refractivity contribution in [1.29, 1.82) is 10.7 Å². The van der Waals surface area contributed by atoms with Crippen LogP contribution in [0.15, 0.2) is 0 Å². The smallest absolute Gasteiger partial charge is 0.128 e. The molecule has 3 nitrogen and oxygen atoms in total. The molecule has 10 heavy (non-hydrogen) atoms. The van der Waals surface area contributed by atoms with E-state index in [0.717, 1.165) is 0 Å². The molecule has 0 aliphatic rings. The Labute approximate surface area is 69.4 Å². The fourth-order valence-corrected chi connectivity index (χ4v) is 0.839. The SMILES string of the molecule is CNC(Cl)C(C#N)C(=N)Cl. The molecule has 56 valence electrons. The highest BCUT2D eigenvalue weighted by atomic mass is 35.5. The zero-order chi connectivity index (χ0) is 8.15. The van der Waals surface area contributed by atoms with Crippen molar-refractivity contribution in [2.45, 2.75) is 5.50 Å². The second-order valence-corrected chi connectivity index (χ2v) is 2.52. The van der Waals surface area contributed by atoms with Gasteiger partial charge in [-0.25, -0.2) is 0 Å². The Bertz CT molecular complexity index is 163.